The number of hydrogen-bond donors (Lipinski definition) is 2. The predicted octanol–water partition coefficient (Wildman–Crippen LogP) is 7.43. The highest BCUT2D eigenvalue weighted by Crippen LogP contribution is 2.45. The van der Waals surface area contributed by atoms with Gasteiger partial charge in [-0.25, -0.2) is 0 Å². The molecule has 0 aliphatic rings. The van der Waals surface area contributed by atoms with Crippen LogP contribution in [0.25, 0.3) is 0 Å². The minimum Gasteiger partial charge on any atom is -0.358 e. The Balaban J connectivity index is 0.00000562. The van der Waals surface area contributed by atoms with Crippen LogP contribution in [0.5, 0.6) is 0 Å². The van der Waals surface area contributed by atoms with Gasteiger partial charge in [0.15, 0.2) is 0 Å². The zero-order valence-electron chi connectivity index (χ0n) is 21.9. The lowest BCUT2D eigenvalue weighted by molar-refractivity contribution is -0.109. The number of terminal acetylenes is 1. The van der Waals surface area contributed by atoms with E-state index in [1.165, 1.54) is 16.7 Å². The summed E-state index contributed by atoms with van der Waals surface area (Å²) < 4.78 is 0. The first-order valence-electron chi connectivity index (χ1n) is 12.1. The summed E-state index contributed by atoms with van der Waals surface area (Å²) in [6.07, 6.45) is 26.4. The Hall–Kier alpha value is -2.80. The topological polar surface area (TPSA) is 41.1 Å². The zero-order valence-corrected chi connectivity index (χ0v) is 22.7. The van der Waals surface area contributed by atoms with Crippen LogP contribution in [0.3, 0.4) is 0 Å². The first-order valence-corrected chi connectivity index (χ1v) is 12.5. The van der Waals surface area contributed by atoms with Crippen LogP contribution in [0, 0.1) is 24.2 Å². The Bertz CT molecular complexity index is 877. The first-order chi connectivity index (χ1) is 16.9. The lowest BCUT2D eigenvalue weighted by atomic mass is 9.64. The van der Waals surface area contributed by atoms with Gasteiger partial charge in [0.1, 0.15) is 0 Å². The molecule has 190 valence electrons. The van der Waals surface area contributed by atoms with Gasteiger partial charge in [0, 0.05) is 23.5 Å². The van der Waals surface area contributed by atoms with E-state index in [0.717, 1.165) is 43.8 Å². The molecule has 0 saturated carbocycles. The van der Waals surface area contributed by atoms with Crippen LogP contribution in [0.4, 0.5) is 0 Å². The molecule has 0 spiro atoms. The van der Waals surface area contributed by atoms with Gasteiger partial charge < -0.3 is 10.6 Å². The number of allylic oxidation sites excluding steroid dienone is 9. The van der Waals surface area contributed by atoms with Crippen molar-refractivity contribution in [2.45, 2.75) is 53.5 Å². The Kier molecular flexibility index (Phi) is 17.9. The second-order valence-electron chi connectivity index (χ2n) is 8.41. The lowest BCUT2D eigenvalue weighted by Gasteiger charge is -2.40. The van der Waals surface area contributed by atoms with Crippen molar-refractivity contribution in [2.75, 3.05) is 13.1 Å². The van der Waals surface area contributed by atoms with E-state index in [4.69, 9.17) is 11.6 Å². The maximum atomic E-state index is 11.2. The molecule has 0 radical (unpaired) electrons. The lowest BCUT2D eigenvalue weighted by Crippen LogP contribution is -2.38. The highest BCUT2D eigenvalue weighted by molar-refractivity contribution is 6.30. The molecule has 0 heterocycles. The summed E-state index contributed by atoms with van der Waals surface area (Å²) in [7, 11) is 0. The molecule has 0 aliphatic carbocycles. The van der Waals surface area contributed by atoms with E-state index in [1.54, 1.807) is 0 Å². The van der Waals surface area contributed by atoms with Gasteiger partial charge in [-0.1, -0.05) is 85.3 Å². The van der Waals surface area contributed by atoms with Gasteiger partial charge in [0.25, 0.3) is 0 Å². The smallest absolute Gasteiger partial charge is 0.207 e. The van der Waals surface area contributed by atoms with Crippen molar-refractivity contribution in [1.82, 2.24) is 10.6 Å². The monoisotopic (exact) mass is 494 g/mol. The van der Waals surface area contributed by atoms with E-state index in [2.05, 4.69) is 74.3 Å². The molecule has 1 unspecified atom stereocenters. The third-order valence-corrected chi connectivity index (χ3v) is 6.55. The van der Waals surface area contributed by atoms with Crippen molar-refractivity contribution in [3.63, 3.8) is 0 Å². The number of hydrogen-bond acceptors (Lipinski definition) is 2. The maximum absolute atomic E-state index is 11.2. The number of nitrogens with one attached hydrogen (secondary N) is 2. The molecule has 2 N–H and O–H groups in total. The molecule has 2 atom stereocenters. The fraction of sp³-hybridized carbons (Fsp3) is 0.387. The van der Waals surface area contributed by atoms with Gasteiger partial charge in [-0.2, -0.15) is 0 Å². The minimum atomic E-state index is -0.241. The molecule has 1 aromatic rings. The molecule has 0 aliphatic heterocycles. The molecule has 1 rings (SSSR count). The van der Waals surface area contributed by atoms with E-state index < -0.39 is 0 Å². The number of carbonyl (C=O) groups excluding carboxylic acids is 1. The highest BCUT2D eigenvalue weighted by atomic mass is 35.5. The largest absolute Gasteiger partial charge is 0.358 e. The first kappa shape index (κ1) is 32.2. The van der Waals surface area contributed by atoms with Crippen LogP contribution in [-0.2, 0) is 11.3 Å². The zero-order chi connectivity index (χ0) is 26.5. The quantitative estimate of drug-likeness (QED) is 0.0824. The van der Waals surface area contributed by atoms with Gasteiger partial charge in [-0.05, 0) is 75.8 Å². The predicted molar refractivity (Wildman–Crippen MR) is 154 cm³/mol. The Morgan fingerprint density at radius 2 is 1.89 bits per heavy atom. The normalized spacial score (nSPS) is 14.7. The van der Waals surface area contributed by atoms with Gasteiger partial charge in [0.2, 0.25) is 6.41 Å². The van der Waals surface area contributed by atoms with Crippen molar-refractivity contribution in [1.29, 1.82) is 0 Å². The van der Waals surface area contributed by atoms with Crippen LogP contribution in [0.15, 0.2) is 84.5 Å². The highest BCUT2D eigenvalue weighted by Gasteiger charge is 2.37. The fourth-order valence-electron chi connectivity index (χ4n) is 4.13. The third-order valence-electron chi connectivity index (χ3n) is 6.30. The number of amides is 1. The molecule has 0 bridgehead atoms. The third kappa shape index (κ3) is 11.5. The number of rotatable bonds is 16. The second kappa shape index (κ2) is 19.5. The summed E-state index contributed by atoms with van der Waals surface area (Å²) in [6, 6.07) is 7.93. The van der Waals surface area contributed by atoms with Crippen molar-refractivity contribution in [2.24, 2.45) is 11.3 Å². The Labute approximate surface area is 219 Å². The van der Waals surface area contributed by atoms with E-state index in [1.807, 2.05) is 50.3 Å². The molecule has 0 saturated heterocycles. The second-order valence-corrected chi connectivity index (χ2v) is 8.85. The van der Waals surface area contributed by atoms with Crippen molar-refractivity contribution in [3.8, 4) is 12.8 Å². The average Bonchev–Trinajstić information content (AvgIpc) is 2.88. The SMILES string of the molecule is C#C.C=C/C(=C\C/C=C\C)C(C)(/C(C)=C/C=C\C)[C@@H](CCCNCc1ccc(Cl)cc1)CNC=O. The molecule has 35 heavy (non-hydrogen) atoms. The number of carbonyl (C=O) groups is 1. The average molecular weight is 495 g/mol. The summed E-state index contributed by atoms with van der Waals surface area (Å²) in [5.41, 5.74) is 3.44. The standard InChI is InChI=1S/C29H41ClN2O.C2H2/c1-6-9-11-14-26(8-3)29(5,24(4)13-10-7-2)27(22-32-23-33)15-12-20-31-21-25-16-18-28(30)19-17-25;1-2/h6-10,13-14,16-19,23,27,31H,3,11-12,15,20-22H2,1-2,4-5H3,(H,32,33);1-2H/b9-6-,10-7-,24-13+,26-14+;/t27-,29?;/m0./s1. The van der Waals surface area contributed by atoms with E-state index >= 15 is 0 Å². The van der Waals surface area contributed by atoms with Gasteiger partial charge in [-0.15, -0.1) is 12.8 Å². The summed E-state index contributed by atoms with van der Waals surface area (Å²) in [6.45, 7) is 15.0. The van der Waals surface area contributed by atoms with Gasteiger partial charge in [0.05, 0.1) is 0 Å². The summed E-state index contributed by atoms with van der Waals surface area (Å²) >= 11 is 5.97. The van der Waals surface area contributed by atoms with Gasteiger partial charge in [-0.3, -0.25) is 4.79 Å². The van der Waals surface area contributed by atoms with Crippen LogP contribution < -0.4 is 10.6 Å². The number of benzene rings is 1. The van der Waals surface area contributed by atoms with Crippen molar-refractivity contribution in [3.05, 3.63) is 95.1 Å². The maximum Gasteiger partial charge on any atom is 0.207 e. The van der Waals surface area contributed by atoms with Crippen LogP contribution in [-0.4, -0.2) is 19.5 Å². The van der Waals surface area contributed by atoms with Crippen molar-refractivity contribution < 1.29 is 4.79 Å². The molecule has 3 nitrogen and oxygen atoms in total. The fourth-order valence-corrected chi connectivity index (χ4v) is 4.26. The molecule has 0 fully saturated rings. The van der Waals surface area contributed by atoms with E-state index in [9.17, 15) is 4.79 Å². The molecular weight excluding hydrogens is 452 g/mol. The van der Waals surface area contributed by atoms with Gasteiger partial charge >= 0.3 is 0 Å². The minimum absolute atomic E-state index is 0.233. The molecular formula is C31H43ClN2O. The summed E-state index contributed by atoms with van der Waals surface area (Å²) in [5.74, 6) is 0.233. The Morgan fingerprint density at radius 3 is 2.46 bits per heavy atom. The summed E-state index contributed by atoms with van der Waals surface area (Å²) in [4.78, 5) is 11.2. The van der Waals surface area contributed by atoms with Crippen LogP contribution in [0.1, 0.15) is 52.5 Å². The van der Waals surface area contributed by atoms with E-state index in [0.29, 0.717) is 6.54 Å². The van der Waals surface area contributed by atoms with Crippen LogP contribution >= 0.6 is 11.6 Å². The molecule has 0 aromatic heterocycles. The molecule has 1 aromatic carbocycles. The van der Waals surface area contributed by atoms with Crippen LogP contribution in [0.2, 0.25) is 5.02 Å². The molecule has 4 heteroatoms. The van der Waals surface area contributed by atoms with Crippen molar-refractivity contribution >= 4 is 18.0 Å². The Morgan fingerprint density at radius 1 is 1.20 bits per heavy atom. The number of halogens is 1. The van der Waals surface area contributed by atoms with E-state index in [-0.39, 0.29) is 11.3 Å². The molecule has 1 amide bonds. The summed E-state index contributed by atoms with van der Waals surface area (Å²) in [5, 5.41) is 7.23.